The number of ether oxygens (including phenoxy) is 1. The van der Waals surface area contributed by atoms with Gasteiger partial charge in [0.15, 0.2) is 0 Å². The van der Waals surface area contributed by atoms with E-state index in [-0.39, 0.29) is 0 Å². The highest BCUT2D eigenvalue weighted by atomic mass is 17.3. The third-order valence-electron chi connectivity index (χ3n) is 0.886. The van der Waals surface area contributed by atoms with Crippen LogP contribution >= 0.6 is 0 Å². The Hall–Kier alpha value is -1.34. The molecule has 7 nitrogen and oxygen atoms in total. The van der Waals surface area contributed by atoms with Crippen molar-refractivity contribution in [2.75, 3.05) is 0 Å². The molecule has 0 aliphatic carbocycles. The standard InChI is InChI=1S/C10H18O7/c1-9(2,3)16-14-7(11)13-8(12)15-17-10(4,5)6/h1-6H3. The van der Waals surface area contributed by atoms with Crippen molar-refractivity contribution >= 4 is 12.3 Å². The summed E-state index contributed by atoms with van der Waals surface area (Å²) < 4.78 is 4.07. The molecule has 0 N–H and O–H groups in total. The second kappa shape index (κ2) is 5.83. The van der Waals surface area contributed by atoms with Gasteiger partial charge >= 0.3 is 12.3 Å². The first-order valence-electron chi connectivity index (χ1n) is 4.97. The highest BCUT2D eigenvalue weighted by Gasteiger charge is 2.22. The second-order valence-electron chi connectivity index (χ2n) is 5.16. The van der Waals surface area contributed by atoms with E-state index in [1.54, 1.807) is 41.5 Å². The molecule has 0 aliphatic rings. The lowest BCUT2D eigenvalue weighted by Crippen LogP contribution is -2.26. The molecular weight excluding hydrogens is 232 g/mol. The quantitative estimate of drug-likeness (QED) is 0.322. The molecule has 0 bridgehead atoms. The normalized spacial score (nSPS) is 11.9. The van der Waals surface area contributed by atoms with Crippen LogP contribution in [0.25, 0.3) is 0 Å². The van der Waals surface area contributed by atoms with Crippen LogP contribution in [0.5, 0.6) is 0 Å². The van der Waals surface area contributed by atoms with Crippen molar-refractivity contribution in [3.05, 3.63) is 0 Å². The maximum absolute atomic E-state index is 10.9. The van der Waals surface area contributed by atoms with Crippen LogP contribution in [-0.2, 0) is 24.3 Å². The molecule has 0 aromatic carbocycles. The zero-order chi connectivity index (χ0) is 13.7. The average Bonchev–Trinajstić information content (AvgIpc) is 2.09. The van der Waals surface area contributed by atoms with Crippen LogP contribution in [0, 0.1) is 0 Å². The summed E-state index contributed by atoms with van der Waals surface area (Å²) in [5, 5.41) is 0. The summed E-state index contributed by atoms with van der Waals surface area (Å²) in [6, 6.07) is 0. The van der Waals surface area contributed by atoms with Crippen LogP contribution in [0.3, 0.4) is 0 Å². The van der Waals surface area contributed by atoms with Crippen LogP contribution in [0.4, 0.5) is 9.59 Å². The van der Waals surface area contributed by atoms with E-state index in [0.717, 1.165) is 0 Å². The Balaban J connectivity index is 3.86. The van der Waals surface area contributed by atoms with Gasteiger partial charge in [-0.2, -0.15) is 9.78 Å². The van der Waals surface area contributed by atoms with Crippen molar-refractivity contribution in [3.63, 3.8) is 0 Å². The first-order valence-corrected chi connectivity index (χ1v) is 4.97. The molecule has 0 saturated carbocycles. The zero-order valence-corrected chi connectivity index (χ0v) is 10.9. The van der Waals surface area contributed by atoms with Gasteiger partial charge in [-0.15, -0.1) is 0 Å². The first kappa shape index (κ1) is 15.7. The van der Waals surface area contributed by atoms with Crippen molar-refractivity contribution in [1.29, 1.82) is 0 Å². The lowest BCUT2D eigenvalue weighted by atomic mass is 10.2. The van der Waals surface area contributed by atoms with Gasteiger partial charge in [-0.25, -0.2) is 9.59 Å². The van der Waals surface area contributed by atoms with Crippen molar-refractivity contribution in [3.8, 4) is 0 Å². The molecule has 0 radical (unpaired) electrons. The van der Waals surface area contributed by atoms with Gasteiger partial charge in [0.25, 0.3) is 0 Å². The molecule has 0 amide bonds. The first-order chi connectivity index (χ1) is 7.49. The van der Waals surface area contributed by atoms with Gasteiger partial charge in [0.2, 0.25) is 0 Å². The minimum absolute atomic E-state index is 0.704. The lowest BCUT2D eigenvalue weighted by molar-refractivity contribution is -0.325. The average molecular weight is 250 g/mol. The van der Waals surface area contributed by atoms with Gasteiger partial charge in [0.1, 0.15) is 11.2 Å². The summed E-state index contributed by atoms with van der Waals surface area (Å²) in [7, 11) is 0. The van der Waals surface area contributed by atoms with Crippen molar-refractivity contribution in [1.82, 2.24) is 0 Å². The zero-order valence-electron chi connectivity index (χ0n) is 10.9. The van der Waals surface area contributed by atoms with Gasteiger partial charge in [-0.1, -0.05) is 0 Å². The molecule has 0 saturated heterocycles. The Labute approximate surface area is 99.8 Å². The third-order valence-corrected chi connectivity index (χ3v) is 0.886. The number of hydrogen-bond donors (Lipinski definition) is 0. The molecule has 0 spiro atoms. The van der Waals surface area contributed by atoms with Gasteiger partial charge in [-0.3, -0.25) is 9.78 Å². The van der Waals surface area contributed by atoms with Gasteiger partial charge in [0, 0.05) is 0 Å². The summed E-state index contributed by atoms with van der Waals surface area (Å²) in [6.07, 6.45) is -2.66. The molecule has 17 heavy (non-hydrogen) atoms. The Morgan fingerprint density at radius 3 is 1.24 bits per heavy atom. The topological polar surface area (TPSA) is 80.3 Å². The summed E-state index contributed by atoms with van der Waals surface area (Å²) in [5.74, 6) is 0. The summed E-state index contributed by atoms with van der Waals surface area (Å²) in [4.78, 5) is 39.4. The third kappa shape index (κ3) is 10.9. The second-order valence-corrected chi connectivity index (χ2v) is 5.16. The monoisotopic (exact) mass is 250 g/mol. The molecule has 0 aromatic rings. The molecule has 0 atom stereocenters. The van der Waals surface area contributed by atoms with Gasteiger partial charge < -0.3 is 4.74 Å². The predicted molar refractivity (Wildman–Crippen MR) is 55.7 cm³/mol. The fourth-order valence-corrected chi connectivity index (χ4v) is 0.420. The van der Waals surface area contributed by atoms with Crippen molar-refractivity contribution in [2.45, 2.75) is 52.7 Å². The molecule has 0 heterocycles. The summed E-state index contributed by atoms with van der Waals surface area (Å²) >= 11 is 0. The van der Waals surface area contributed by atoms with E-state index in [9.17, 15) is 9.59 Å². The van der Waals surface area contributed by atoms with E-state index < -0.39 is 23.5 Å². The Morgan fingerprint density at radius 1 is 0.706 bits per heavy atom. The minimum atomic E-state index is -1.33. The van der Waals surface area contributed by atoms with Gasteiger partial charge in [0.05, 0.1) is 0 Å². The molecule has 0 rings (SSSR count). The lowest BCUT2D eigenvalue weighted by Gasteiger charge is -2.17. The molecule has 0 unspecified atom stereocenters. The van der Waals surface area contributed by atoms with E-state index >= 15 is 0 Å². The van der Waals surface area contributed by atoms with Crippen molar-refractivity contribution in [2.24, 2.45) is 0 Å². The highest BCUT2D eigenvalue weighted by molar-refractivity contribution is 5.76. The number of carbonyl (C=O) groups excluding carboxylic acids is 2. The SMILES string of the molecule is CC(C)(C)OOC(=O)OC(=O)OOC(C)(C)C. The molecular formula is C10H18O7. The largest absolute Gasteiger partial charge is 0.550 e. The Morgan fingerprint density at radius 2 is 1.00 bits per heavy atom. The minimum Gasteiger partial charge on any atom is -0.323 e. The molecule has 0 aliphatic heterocycles. The van der Waals surface area contributed by atoms with Gasteiger partial charge in [-0.05, 0) is 41.5 Å². The van der Waals surface area contributed by atoms with E-state index in [1.807, 2.05) is 0 Å². The van der Waals surface area contributed by atoms with Crippen LogP contribution in [0.1, 0.15) is 41.5 Å². The maximum Gasteiger partial charge on any atom is 0.550 e. The van der Waals surface area contributed by atoms with E-state index in [2.05, 4.69) is 24.3 Å². The smallest absolute Gasteiger partial charge is 0.323 e. The van der Waals surface area contributed by atoms with E-state index in [4.69, 9.17) is 0 Å². The molecule has 0 fully saturated rings. The summed E-state index contributed by atoms with van der Waals surface area (Å²) in [6.45, 7) is 9.92. The fourth-order valence-electron chi connectivity index (χ4n) is 0.420. The number of rotatable bonds is 2. The molecule has 0 aromatic heterocycles. The molecule has 100 valence electrons. The van der Waals surface area contributed by atoms with Crippen LogP contribution < -0.4 is 0 Å². The van der Waals surface area contributed by atoms with Crippen LogP contribution in [0.15, 0.2) is 0 Å². The highest BCUT2D eigenvalue weighted by Crippen LogP contribution is 2.09. The maximum atomic E-state index is 10.9. The Bertz CT molecular complexity index is 243. The van der Waals surface area contributed by atoms with E-state index in [1.165, 1.54) is 0 Å². The van der Waals surface area contributed by atoms with Crippen LogP contribution in [-0.4, -0.2) is 23.5 Å². The number of carbonyl (C=O) groups is 2. The summed E-state index contributed by atoms with van der Waals surface area (Å²) in [5.41, 5.74) is -1.41. The number of hydrogen-bond acceptors (Lipinski definition) is 7. The Kier molecular flexibility index (Phi) is 5.37. The van der Waals surface area contributed by atoms with Crippen molar-refractivity contribution < 1.29 is 33.9 Å². The van der Waals surface area contributed by atoms with Crippen LogP contribution in [0.2, 0.25) is 0 Å². The van der Waals surface area contributed by atoms with E-state index in [0.29, 0.717) is 0 Å². The molecule has 7 heteroatoms. The predicted octanol–water partition coefficient (Wildman–Crippen LogP) is 2.74. The fraction of sp³-hybridized carbons (Fsp3) is 0.800.